The molecule has 1 fully saturated rings. The topological polar surface area (TPSA) is 75.7 Å². The average Bonchev–Trinajstić information content (AvgIpc) is 2.69. The number of ether oxygens (including phenoxy) is 1. The molecular weight excluding hydrogens is 390 g/mol. The zero-order chi connectivity index (χ0) is 20.1. The second-order valence-corrected chi connectivity index (χ2v) is 8.27. The van der Waals surface area contributed by atoms with Gasteiger partial charge in [-0.1, -0.05) is 18.2 Å². The van der Waals surface area contributed by atoms with E-state index >= 15 is 0 Å². The monoisotopic (exact) mass is 410 g/mol. The minimum Gasteiger partial charge on any atom is -0.410 e. The van der Waals surface area contributed by atoms with E-state index in [-0.39, 0.29) is 12.5 Å². The summed E-state index contributed by atoms with van der Waals surface area (Å²) in [6, 6.07) is 11.0. The highest BCUT2D eigenvalue weighted by Crippen LogP contribution is 2.20. The lowest BCUT2D eigenvalue weighted by atomic mass is 9.97. The zero-order valence-electron chi connectivity index (χ0n) is 15.0. The van der Waals surface area contributed by atoms with Crippen LogP contribution in [0.2, 0.25) is 0 Å². The van der Waals surface area contributed by atoms with Gasteiger partial charge in [0.15, 0.2) is 0 Å². The zero-order valence-corrected chi connectivity index (χ0v) is 15.8. The Hall–Kier alpha value is -2.52. The molecule has 2 aromatic carbocycles. The van der Waals surface area contributed by atoms with Crippen molar-refractivity contribution in [1.82, 2.24) is 9.62 Å². The van der Waals surface area contributed by atoms with Gasteiger partial charge >= 0.3 is 6.09 Å². The fraction of sp³-hybridized carbons (Fsp3) is 0.316. The summed E-state index contributed by atoms with van der Waals surface area (Å²) >= 11 is 0. The molecule has 0 radical (unpaired) electrons. The number of amides is 1. The quantitative estimate of drug-likeness (QED) is 0.822. The number of piperidine rings is 1. The maximum absolute atomic E-state index is 13.7. The van der Waals surface area contributed by atoms with Gasteiger partial charge in [0.1, 0.15) is 22.3 Å². The summed E-state index contributed by atoms with van der Waals surface area (Å²) in [5, 5.41) is 0. The van der Waals surface area contributed by atoms with Gasteiger partial charge in [-0.3, -0.25) is 0 Å². The van der Waals surface area contributed by atoms with Crippen molar-refractivity contribution in [3.05, 3.63) is 60.2 Å². The Morgan fingerprint density at radius 3 is 2.46 bits per heavy atom. The Kier molecular flexibility index (Phi) is 6.25. The van der Waals surface area contributed by atoms with E-state index in [1.807, 2.05) is 6.07 Å². The molecule has 0 spiro atoms. The lowest BCUT2D eigenvalue weighted by Gasteiger charge is -2.31. The van der Waals surface area contributed by atoms with E-state index in [0.717, 1.165) is 12.1 Å². The van der Waals surface area contributed by atoms with Crippen LogP contribution in [0.25, 0.3) is 0 Å². The highest BCUT2D eigenvalue weighted by atomic mass is 32.2. The van der Waals surface area contributed by atoms with Crippen LogP contribution in [-0.2, 0) is 10.0 Å². The van der Waals surface area contributed by atoms with Crippen LogP contribution in [0.1, 0.15) is 12.8 Å². The highest BCUT2D eigenvalue weighted by molar-refractivity contribution is 7.89. The van der Waals surface area contributed by atoms with Crippen LogP contribution in [0.4, 0.5) is 13.6 Å². The summed E-state index contributed by atoms with van der Waals surface area (Å²) in [5.74, 6) is -1.40. The van der Waals surface area contributed by atoms with Crippen molar-refractivity contribution in [1.29, 1.82) is 0 Å². The lowest BCUT2D eigenvalue weighted by molar-refractivity contribution is 0.131. The number of likely N-dealkylation sites (tertiary alicyclic amines) is 1. The van der Waals surface area contributed by atoms with E-state index in [4.69, 9.17) is 4.74 Å². The largest absolute Gasteiger partial charge is 0.415 e. The number of sulfonamides is 1. The van der Waals surface area contributed by atoms with Gasteiger partial charge in [-0.25, -0.2) is 26.7 Å². The number of carbonyl (C=O) groups excluding carboxylic acids is 1. The Labute approximate surface area is 162 Å². The van der Waals surface area contributed by atoms with Crippen LogP contribution in [0.15, 0.2) is 53.4 Å². The molecule has 0 bridgehead atoms. The Morgan fingerprint density at radius 2 is 1.79 bits per heavy atom. The van der Waals surface area contributed by atoms with Gasteiger partial charge in [0.2, 0.25) is 10.0 Å². The predicted octanol–water partition coefficient (Wildman–Crippen LogP) is 3.15. The first kappa shape index (κ1) is 20.2. The van der Waals surface area contributed by atoms with Gasteiger partial charge in [-0.2, -0.15) is 0 Å². The summed E-state index contributed by atoms with van der Waals surface area (Å²) in [6.07, 6.45) is 0.683. The van der Waals surface area contributed by atoms with Crippen LogP contribution in [0.3, 0.4) is 0 Å². The first-order valence-electron chi connectivity index (χ1n) is 8.81. The van der Waals surface area contributed by atoms with Crippen LogP contribution >= 0.6 is 0 Å². The van der Waals surface area contributed by atoms with Crippen LogP contribution in [0, 0.1) is 17.6 Å². The third kappa shape index (κ3) is 5.05. The van der Waals surface area contributed by atoms with Gasteiger partial charge in [0.05, 0.1) is 0 Å². The molecule has 3 rings (SSSR count). The number of benzene rings is 2. The molecule has 150 valence electrons. The third-order valence-corrected chi connectivity index (χ3v) is 6.00. The molecule has 0 aliphatic carbocycles. The summed E-state index contributed by atoms with van der Waals surface area (Å²) in [6.45, 7) is 0.929. The van der Waals surface area contributed by atoms with Gasteiger partial charge in [0.25, 0.3) is 0 Å². The molecule has 1 heterocycles. The fourth-order valence-corrected chi connectivity index (χ4v) is 4.17. The molecule has 1 amide bonds. The molecule has 1 aliphatic rings. The smallest absolute Gasteiger partial charge is 0.410 e. The number of hydrogen-bond acceptors (Lipinski definition) is 4. The molecule has 6 nitrogen and oxygen atoms in total. The molecular formula is C19H20F2N2O4S. The second kappa shape index (κ2) is 8.66. The van der Waals surface area contributed by atoms with Crippen molar-refractivity contribution in [3.8, 4) is 5.75 Å². The minimum atomic E-state index is -4.15. The number of halogens is 2. The number of rotatable bonds is 5. The van der Waals surface area contributed by atoms with E-state index in [9.17, 15) is 22.0 Å². The molecule has 0 unspecified atom stereocenters. The van der Waals surface area contributed by atoms with Gasteiger partial charge in [-0.15, -0.1) is 0 Å². The maximum atomic E-state index is 13.7. The highest BCUT2D eigenvalue weighted by Gasteiger charge is 2.26. The number of hydrogen-bond donors (Lipinski definition) is 1. The first-order valence-corrected chi connectivity index (χ1v) is 10.3. The fourth-order valence-electron chi connectivity index (χ4n) is 2.96. The van der Waals surface area contributed by atoms with E-state index in [0.29, 0.717) is 37.7 Å². The van der Waals surface area contributed by atoms with Crippen LogP contribution in [0.5, 0.6) is 5.75 Å². The normalized spacial score (nSPS) is 15.4. The van der Waals surface area contributed by atoms with Crippen LogP contribution < -0.4 is 9.46 Å². The van der Waals surface area contributed by atoms with E-state index in [1.165, 1.54) is 0 Å². The molecule has 0 saturated carbocycles. The third-order valence-electron chi connectivity index (χ3n) is 4.57. The van der Waals surface area contributed by atoms with E-state index < -0.39 is 32.6 Å². The van der Waals surface area contributed by atoms with Crippen molar-refractivity contribution < 1.29 is 26.7 Å². The minimum absolute atomic E-state index is 0.0211. The molecule has 9 heteroatoms. The number of nitrogens with zero attached hydrogens (tertiary/aromatic N) is 1. The van der Waals surface area contributed by atoms with Gasteiger partial charge in [0, 0.05) is 19.6 Å². The molecule has 2 aromatic rings. The molecule has 1 aliphatic heterocycles. The number of carbonyl (C=O) groups is 1. The van der Waals surface area contributed by atoms with E-state index in [1.54, 1.807) is 29.2 Å². The summed E-state index contributed by atoms with van der Waals surface area (Å²) in [7, 11) is -4.15. The standard InChI is InChI=1S/C19H20F2N2O4S/c20-15-6-7-17(21)18(12-15)28(25,26)22-13-14-8-10-23(11-9-14)19(24)27-16-4-2-1-3-5-16/h1-7,12,14,22H,8-11,13H2. The van der Waals surface area contributed by atoms with Crippen molar-refractivity contribution in [2.24, 2.45) is 5.92 Å². The average molecular weight is 410 g/mol. The molecule has 1 saturated heterocycles. The SMILES string of the molecule is O=C(Oc1ccccc1)N1CCC(CNS(=O)(=O)c2cc(F)ccc2F)CC1. The van der Waals surface area contributed by atoms with E-state index in [2.05, 4.69) is 4.72 Å². The summed E-state index contributed by atoms with van der Waals surface area (Å²) < 4.78 is 59.0. The van der Waals surface area contributed by atoms with Crippen molar-refractivity contribution >= 4 is 16.1 Å². The molecule has 0 aromatic heterocycles. The number of nitrogens with one attached hydrogen (secondary N) is 1. The molecule has 1 N–H and O–H groups in total. The van der Waals surface area contributed by atoms with Crippen LogP contribution in [-0.4, -0.2) is 39.0 Å². The summed E-state index contributed by atoms with van der Waals surface area (Å²) in [5.41, 5.74) is 0. The number of para-hydroxylation sites is 1. The second-order valence-electron chi connectivity index (χ2n) is 6.54. The Bertz CT molecular complexity index is 930. The summed E-state index contributed by atoms with van der Waals surface area (Å²) in [4.78, 5) is 13.0. The maximum Gasteiger partial charge on any atom is 0.415 e. The Balaban J connectivity index is 1.50. The first-order chi connectivity index (χ1) is 13.3. The predicted molar refractivity (Wildman–Crippen MR) is 98.3 cm³/mol. The van der Waals surface area contributed by atoms with Crippen molar-refractivity contribution in [2.75, 3.05) is 19.6 Å². The van der Waals surface area contributed by atoms with Gasteiger partial charge < -0.3 is 9.64 Å². The lowest BCUT2D eigenvalue weighted by Crippen LogP contribution is -2.42. The Morgan fingerprint density at radius 1 is 1.11 bits per heavy atom. The molecule has 28 heavy (non-hydrogen) atoms. The van der Waals surface area contributed by atoms with Crippen molar-refractivity contribution in [3.63, 3.8) is 0 Å². The van der Waals surface area contributed by atoms with Gasteiger partial charge in [-0.05, 0) is 49.1 Å². The van der Waals surface area contributed by atoms with Crippen molar-refractivity contribution in [2.45, 2.75) is 17.7 Å². The molecule has 0 atom stereocenters.